The van der Waals surface area contributed by atoms with Crippen molar-refractivity contribution in [3.05, 3.63) is 7.43 Å². The van der Waals surface area contributed by atoms with E-state index in [-0.39, 0.29) is 267 Å². The molecular formula is C9H25Ar6BY-. The van der Waals surface area contributed by atoms with E-state index < -0.39 is 0 Å². The van der Waals surface area contributed by atoms with Crippen LogP contribution in [0.3, 0.4) is 0 Å². The maximum absolute atomic E-state index is 2.12. The van der Waals surface area contributed by atoms with Crippen LogP contribution in [-0.2, 0) is 32.7 Å². The molecular weight excluding hydrogens is 448 g/mol. The van der Waals surface area contributed by atoms with Gasteiger partial charge in [-0.2, -0.15) is 0 Å². The smallest absolute Gasteiger partial charge is 0.102 e. The molecule has 0 rings (SSSR count). The summed E-state index contributed by atoms with van der Waals surface area (Å²) in [5.74, 6) is 0. The van der Waals surface area contributed by atoms with Crippen LogP contribution < -0.4 is 0 Å². The maximum atomic E-state index is 2.12. The molecule has 0 bridgehead atoms. The SMILES string of the molecule is CCC.CCC.C[B]C.[Ar].[Ar].[Ar].[Ar].[Ar].[Ar].[CH3-].[Y]. The van der Waals surface area contributed by atoms with Gasteiger partial charge in [0.25, 0.3) is 0 Å². The first-order valence-corrected chi connectivity index (χ1v) is 3.98. The van der Waals surface area contributed by atoms with E-state index in [4.69, 9.17) is 0 Å². The number of rotatable bonds is 0. The fourth-order valence-corrected chi connectivity index (χ4v) is 0. The summed E-state index contributed by atoms with van der Waals surface area (Å²) >= 11 is 0. The van der Waals surface area contributed by atoms with Crippen molar-refractivity contribution >= 4 is 7.28 Å². The molecule has 8 heteroatoms. The van der Waals surface area contributed by atoms with Crippen molar-refractivity contribution in [1.82, 2.24) is 0 Å². The zero-order chi connectivity index (χ0) is 8.12. The van der Waals surface area contributed by atoms with Crippen LogP contribution in [0.25, 0.3) is 0 Å². The van der Waals surface area contributed by atoms with Gasteiger partial charge in [-0.15, -0.1) is 0 Å². The van der Waals surface area contributed by atoms with Crippen LogP contribution in [0.4, 0.5) is 0 Å². The van der Waals surface area contributed by atoms with Crippen LogP contribution in [-0.4, -0.2) is 7.28 Å². The molecule has 0 nitrogen and oxygen atoms in total. The van der Waals surface area contributed by atoms with Crippen molar-refractivity contribution in [2.45, 2.75) is 54.2 Å². The second-order valence-electron chi connectivity index (χ2n) is 1.99. The van der Waals surface area contributed by atoms with E-state index in [9.17, 15) is 0 Å². The molecule has 0 aromatic carbocycles. The predicted molar refractivity (Wildman–Crippen MR) is 55.8 cm³/mol. The van der Waals surface area contributed by atoms with Crippen LogP contribution >= 0.6 is 0 Å². The Labute approximate surface area is 318 Å². The summed E-state index contributed by atoms with van der Waals surface area (Å²) in [4.78, 5) is 0. The van der Waals surface area contributed by atoms with Gasteiger partial charge in [0.1, 0.15) is 7.28 Å². The van der Waals surface area contributed by atoms with E-state index in [0.29, 0.717) is 0 Å². The van der Waals surface area contributed by atoms with Gasteiger partial charge in [0, 0.05) is 259 Å². The minimum atomic E-state index is 0. The van der Waals surface area contributed by atoms with Gasteiger partial charge < -0.3 is 7.43 Å². The van der Waals surface area contributed by atoms with Crippen LogP contribution in [0.15, 0.2) is 0 Å². The predicted octanol–water partition coefficient (Wildman–Crippen LogP) is 4.07. The zero-order valence-electron chi connectivity index (χ0n) is 11.7. The van der Waals surface area contributed by atoms with E-state index in [1.165, 1.54) is 12.8 Å². The molecule has 0 fully saturated rings. The van der Waals surface area contributed by atoms with Gasteiger partial charge in [-0.25, -0.2) is 0 Å². The molecule has 0 unspecified atom stereocenters. The van der Waals surface area contributed by atoms with Crippen LogP contribution in [0.1, 0.15) is 40.5 Å². The molecule has 0 saturated heterocycles. The second kappa shape index (κ2) is 101. The Bertz CT molecular complexity index is 30.2. The van der Waals surface area contributed by atoms with Crippen molar-refractivity contribution in [3.8, 4) is 0 Å². The Kier molecular flexibility index (Phi) is 432. The average Bonchev–Trinajstić information content (AvgIpc) is 1.70. The van der Waals surface area contributed by atoms with E-state index in [0.717, 1.165) is 0 Å². The Balaban J connectivity index is -0.00000000286. The summed E-state index contributed by atoms with van der Waals surface area (Å²) in [6.07, 6.45) is 2.50. The standard InChI is InChI=1S/2C3H8.C2H6B.CH3.6Ar.Y/c3*1-3-2;;;;;;;;/h2*3H2,1-2H3;1-2H3;1H3;;;;;;;/q;;;-1;;;;;;;. The third-order valence-corrected chi connectivity index (χ3v) is 0. The largest absolute Gasteiger partial charge is 0.358 e. The fourth-order valence-electron chi connectivity index (χ4n) is 0. The molecule has 17 heavy (non-hydrogen) atoms. The summed E-state index contributed by atoms with van der Waals surface area (Å²) in [5, 5.41) is 0. The first-order chi connectivity index (χ1) is 4.24. The van der Waals surface area contributed by atoms with Gasteiger partial charge in [-0.1, -0.05) is 54.2 Å². The molecule has 0 aliphatic heterocycles. The monoisotopic (exact) mass is 473 g/mol. The maximum Gasteiger partial charge on any atom is 0.102 e. The topological polar surface area (TPSA) is 0 Å². The first-order valence-electron chi connectivity index (χ1n) is 3.98. The molecule has 0 aliphatic carbocycles. The van der Waals surface area contributed by atoms with Crippen molar-refractivity contribution in [3.63, 3.8) is 0 Å². The molecule has 0 amide bonds. The van der Waals surface area contributed by atoms with Gasteiger partial charge in [-0.05, 0) is 0 Å². The number of hydrogen-bond acceptors (Lipinski definition) is 0. The van der Waals surface area contributed by atoms with Crippen LogP contribution in [0.2, 0.25) is 13.6 Å². The molecule has 0 heterocycles. The Morgan fingerprint density at radius 3 is 0.588 bits per heavy atom. The van der Waals surface area contributed by atoms with Gasteiger partial charge >= 0.3 is 0 Å². The van der Waals surface area contributed by atoms with Crippen molar-refractivity contribution in [2.24, 2.45) is 0 Å². The summed E-state index contributed by atoms with van der Waals surface area (Å²) < 4.78 is 0. The Morgan fingerprint density at radius 1 is 0.588 bits per heavy atom. The molecule has 0 spiro atoms. The van der Waals surface area contributed by atoms with E-state index in [1.54, 1.807) is 0 Å². The Hall–Kier alpha value is 8.73. The number of hydrogen-bond donors (Lipinski definition) is 0. The molecule has 0 atom stereocenters. The van der Waals surface area contributed by atoms with Crippen LogP contribution in [0, 0.1) is 234 Å². The van der Waals surface area contributed by atoms with Crippen molar-refractivity contribution in [1.29, 1.82) is 0 Å². The van der Waals surface area contributed by atoms with E-state index in [1.807, 2.05) is 20.9 Å². The van der Waals surface area contributed by atoms with E-state index >= 15 is 0 Å². The minimum Gasteiger partial charge on any atom is -0.358 e. The summed E-state index contributed by atoms with van der Waals surface area (Å²) in [5.41, 5.74) is 0. The minimum absolute atomic E-state index is 0. The Morgan fingerprint density at radius 2 is 0.588 bits per heavy atom. The third-order valence-electron chi connectivity index (χ3n) is 0. The molecule has 0 saturated carbocycles. The zero-order valence-corrected chi connectivity index (χ0v) is 18.8. The third kappa shape index (κ3) is 168. The van der Waals surface area contributed by atoms with Crippen molar-refractivity contribution < 1.29 is 259 Å². The van der Waals surface area contributed by atoms with Crippen molar-refractivity contribution in [2.75, 3.05) is 0 Å². The molecule has 2 radical (unpaired) electrons. The van der Waals surface area contributed by atoms with Gasteiger partial charge in [-0.3, -0.25) is 0 Å². The molecule has 116 valence electrons. The van der Waals surface area contributed by atoms with Crippen LogP contribution in [0.5, 0.6) is 0 Å². The summed E-state index contributed by atoms with van der Waals surface area (Å²) in [6.45, 7) is 12.5. The molecule has 0 aromatic rings. The second-order valence-corrected chi connectivity index (χ2v) is 1.99. The first kappa shape index (κ1) is 72.5. The normalized spacial score (nSPS) is 2.94. The average molecular weight is 473 g/mol. The molecule has 0 aromatic heterocycles. The molecule has 0 aliphatic rings. The molecule has 0 N–H and O–H groups in total. The summed E-state index contributed by atoms with van der Waals surface area (Å²) in [6, 6.07) is 0. The van der Waals surface area contributed by atoms with Gasteiger partial charge in [0.05, 0.1) is 0 Å². The van der Waals surface area contributed by atoms with Gasteiger partial charge in [0.15, 0.2) is 0 Å². The fraction of sp³-hybridized carbons (Fsp3) is 0.889. The quantitative estimate of drug-likeness (QED) is 0.368. The summed E-state index contributed by atoms with van der Waals surface area (Å²) in [7, 11) is 2.00. The van der Waals surface area contributed by atoms with E-state index in [2.05, 4.69) is 27.7 Å². The van der Waals surface area contributed by atoms with Gasteiger partial charge in [0.2, 0.25) is 0 Å².